The van der Waals surface area contributed by atoms with Crippen molar-refractivity contribution < 1.29 is 0 Å². The van der Waals surface area contributed by atoms with E-state index in [1.165, 1.54) is 4.88 Å². The van der Waals surface area contributed by atoms with E-state index in [4.69, 9.17) is 18.0 Å². The van der Waals surface area contributed by atoms with Gasteiger partial charge in [-0.05, 0) is 35.0 Å². The molecule has 1 aromatic rings. The van der Waals surface area contributed by atoms with Gasteiger partial charge >= 0.3 is 0 Å². The van der Waals surface area contributed by atoms with E-state index < -0.39 is 0 Å². The van der Waals surface area contributed by atoms with Crippen molar-refractivity contribution in [3.8, 4) is 0 Å². The third kappa shape index (κ3) is 5.06. The second-order valence-corrected chi connectivity index (χ2v) is 5.84. The fourth-order valence-corrected chi connectivity index (χ4v) is 3.08. The summed E-state index contributed by atoms with van der Waals surface area (Å²) < 4.78 is 1.15. The van der Waals surface area contributed by atoms with Crippen molar-refractivity contribution in [3.05, 3.63) is 20.8 Å². The maximum Gasteiger partial charge on any atom is 0.0870 e. The van der Waals surface area contributed by atoms with Gasteiger partial charge in [0.2, 0.25) is 0 Å². The number of thiocarbonyl (C=S) groups is 1. The number of nitrogens with two attached hydrogens (primary N) is 1. The van der Waals surface area contributed by atoms with Gasteiger partial charge in [0, 0.05) is 27.8 Å². The molecular formula is C10H15BrN2S2. The smallest absolute Gasteiger partial charge is 0.0870 e. The third-order valence-electron chi connectivity index (χ3n) is 1.92. The van der Waals surface area contributed by atoms with E-state index in [-0.39, 0.29) is 0 Å². The van der Waals surface area contributed by atoms with Crippen LogP contribution in [0.1, 0.15) is 18.2 Å². The van der Waals surface area contributed by atoms with Crippen LogP contribution in [0.2, 0.25) is 0 Å². The lowest BCUT2D eigenvalue weighted by molar-refractivity contribution is 0.307. The Kier molecular flexibility index (Phi) is 5.74. The Labute approximate surface area is 109 Å². The number of thiophene rings is 1. The van der Waals surface area contributed by atoms with Gasteiger partial charge < -0.3 is 5.73 Å². The Morgan fingerprint density at radius 1 is 1.67 bits per heavy atom. The molecule has 0 aromatic carbocycles. The van der Waals surface area contributed by atoms with E-state index in [1.54, 1.807) is 11.3 Å². The van der Waals surface area contributed by atoms with Crippen LogP contribution in [0.4, 0.5) is 0 Å². The molecule has 1 rings (SSSR count). The highest BCUT2D eigenvalue weighted by Gasteiger charge is 2.07. The van der Waals surface area contributed by atoms with Crippen LogP contribution in [0.5, 0.6) is 0 Å². The summed E-state index contributed by atoms with van der Waals surface area (Å²) in [7, 11) is 0. The minimum atomic E-state index is 0.569. The zero-order valence-corrected chi connectivity index (χ0v) is 11.9. The van der Waals surface area contributed by atoms with E-state index in [0.717, 1.165) is 24.0 Å². The fraction of sp³-hybridized carbons (Fsp3) is 0.500. The molecule has 0 unspecified atom stereocenters. The highest BCUT2D eigenvalue weighted by Crippen LogP contribution is 2.21. The molecule has 0 amide bonds. The molecule has 0 aliphatic rings. The van der Waals surface area contributed by atoms with Crippen LogP contribution in [0, 0.1) is 0 Å². The predicted octanol–water partition coefficient (Wildman–Crippen LogP) is 3.01. The van der Waals surface area contributed by atoms with E-state index in [9.17, 15) is 0 Å². The van der Waals surface area contributed by atoms with E-state index in [2.05, 4.69) is 39.2 Å². The summed E-state index contributed by atoms with van der Waals surface area (Å²) in [4.78, 5) is 4.19. The summed E-state index contributed by atoms with van der Waals surface area (Å²) in [6.07, 6.45) is 1.12. The third-order valence-corrected chi connectivity index (χ3v) is 3.73. The standard InChI is InChI=1S/C10H15BrN2S2/c1-2-3-13(6-10(12)14)5-9-4-8(11)7-15-9/h4,7H,2-3,5-6H2,1H3,(H2,12,14). The molecule has 0 aliphatic heterocycles. The average Bonchev–Trinajstić information content (AvgIpc) is 2.50. The van der Waals surface area contributed by atoms with Crippen LogP contribution in [-0.2, 0) is 6.54 Å². The minimum absolute atomic E-state index is 0.569. The van der Waals surface area contributed by atoms with Crippen molar-refractivity contribution in [2.24, 2.45) is 5.73 Å². The van der Waals surface area contributed by atoms with Gasteiger partial charge in [-0.15, -0.1) is 11.3 Å². The van der Waals surface area contributed by atoms with Crippen molar-refractivity contribution in [2.75, 3.05) is 13.1 Å². The Balaban J connectivity index is 2.53. The van der Waals surface area contributed by atoms with Crippen LogP contribution >= 0.6 is 39.5 Å². The van der Waals surface area contributed by atoms with Gasteiger partial charge in [0.25, 0.3) is 0 Å². The Bertz CT molecular complexity index is 325. The van der Waals surface area contributed by atoms with Gasteiger partial charge in [0.15, 0.2) is 0 Å². The lowest BCUT2D eigenvalue weighted by atomic mass is 10.3. The second kappa shape index (κ2) is 6.58. The first-order valence-electron chi connectivity index (χ1n) is 4.85. The molecule has 1 heterocycles. The van der Waals surface area contributed by atoms with Crippen molar-refractivity contribution in [2.45, 2.75) is 19.9 Å². The summed E-state index contributed by atoms with van der Waals surface area (Å²) in [5.41, 5.74) is 5.57. The quantitative estimate of drug-likeness (QED) is 0.819. The van der Waals surface area contributed by atoms with Crippen LogP contribution in [0.25, 0.3) is 0 Å². The molecule has 0 fully saturated rings. The van der Waals surface area contributed by atoms with Gasteiger partial charge in [0.05, 0.1) is 4.99 Å². The molecule has 84 valence electrons. The maximum atomic E-state index is 5.57. The first kappa shape index (κ1) is 13.1. The molecule has 1 aromatic heterocycles. The molecule has 5 heteroatoms. The molecule has 0 radical (unpaired) electrons. The lowest BCUT2D eigenvalue weighted by Crippen LogP contribution is -2.32. The van der Waals surface area contributed by atoms with Crippen LogP contribution in [-0.4, -0.2) is 23.0 Å². The molecular weight excluding hydrogens is 292 g/mol. The molecule has 2 N–H and O–H groups in total. The Morgan fingerprint density at radius 2 is 2.40 bits per heavy atom. The van der Waals surface area contributed by atoms with E-state index in [1.807, 2.05) is 0 Å². The molecule has 0 bridgehead atoms. The molecule has 0 saturated carbocycles. The second-order valence-electron chi connectivity index (χ2n) is 3.41. The molecule has 0 atom stereocenters. The van der Waals surface area contributed by atoms with Crippen molar-refractivity contribution in [1.29, 1.82) is 0 Å². The first-order valence-corrected chi connectivity index (χ1v) is 6.93. The SMILES string of the molecule is CCCN(CC(N)=S)Cc1cc(Br)cs1. The summed E-state index contributed by atoms with van der Waals surface area (Å²) in [5, 5.41) is 2.10. The highest BCUT2D eigenvalue weighted by atomic mass is 79.9. The Hall–Kier alpha value is 0.0300. The largest absolute Gasteiger partial charge is 0.392 e. The zero-order chi connectivity index (χ0) is 11.3. The van der Waals surface area contributed by atoms with Crippen LogP contribution in [0.3, 0.4) is 0 Å². The summed E-state index contributed by atoms with van der Waals surface area (Å²) in [5.74, 6) is 0. The van der Waals surface area contributed by atoms with Crippen LogP contribution in [0.15, 0.2) is 15.9 Å². The van der Waals surface area contributed by atoms with Gasteiger partial charge in [0.1, 0.15) is 0 Å². The first-order chi connectivity index (χ1) is 7.11. The maximum absolute atomic E-state index is 5.57. The summed E-state index contributed by atoms with van der Waals surface area (Å²) in [6, 6.07) is 2.15. The predicted molar refractivity (Wildman–Crippen MR) is 74.4 cm³/mol. The normalized spacial score (nSPS) is 10.9. The topological polar surface area (TPSA) is 29.3 Å². The van der Waals surface area contributed by atoms with E-state index in [0.29, 0.717) is 11.5 Å². The van der Waals surface area contributed by atoms with Gasteiger partial charge in [-0.3, -0.25) is 4.90 Å². The van der Waals surface area contributed by atoms with Gasteiger partial charge in [-0.1, -0.05) is 19.1 Å². The van der Waals surface area contributed by atoms with Crippen molar-refractivity contribution in [1.82, 2.24) is 4.90 Å². The summed E-state index contributed by atoms with van der Waals surface area (Å²) >= 11 is 10.1. The van der Waals surface area contributed by atoms with Crippen molar-refractivity contribution in [3.63, 3.8) is 0 Å². The molecule has 0 spiro atoms. The van der Waals surface area contributed by atoms with Crippen molar-refractivity contribution >= 4 is 44.5 Å². The fourth-order valence-electron chi connectivity index (χ4n) is 1.41. The average molecular weight is 307 g/mol. The van der Waals surface area contributed by atoms with Gasteiger partial charge in [-0.2, -0.15) is 0 Å². The number of halogens is 1. The lowest BCUT2D eigenvalue weighted by Gasteiger charge is -2.19. The number of rotatable bonds is 6. The summed E-state index contributed by atoms with van der Waals surface area (Å²) in [6.45, 7) is 4.84. The molecule has 2 nitrogen and oxygen atoms in total. The number of nitrogens with zero attached hydrogens (tertiary/aromatic N) is 1. The number of hydrogen-bond acceptors (Lipinski definition) is 3. The van der Waals surface area contributed by atoms with E-state index >= 15 is 0 Å². The Morgan fingerprint density at radius 3 is 2.87 bits per heavy atom. The number of hydrogen-bond donors (Lipinski definition) is 1. The highest BCUT2D eigenvalue weighted by molar-refractivity contribution is 9.10. The van der Waals surface area contributed by atoms with Gasteiger partial charge in [-0.25, -0.2) is 0 Å². The molecule has 0 aliphatic carbocycles. The minimum Gasteiger partial charge on any atom is -0.392 e. The van der Waals surface area contributed by atoms with Crippen LogP contribution < -0.4 is 5.73 Å². The zero-order valence-electron chi connectivity index (χ0n) is 8.70. The monoisotopic (exact) mass is 306 g/mol. The molecule has 15 heavy (non-hydrogen) atoms. The molecule has 0 saturated heterocycles.